The summed E-state index contributed by atoms with van der Waals surface area (Å²) in [6, 6.07) is 14.4. The predicted molar refractivity (Wildman–Crippen MR) is 115 cm³/mol. The molecule has 3 aromatic rings. The number of likely N-dealkylation sites (tertiary alicyclic amines) is 1. The predicted octanol–water partition coefficient (Wildman–Crippen LogP) is 4.18. The van der Waals surface area contributed by atoms with E-state index in [0.717, 1.165) is 62.1 Å². The minimum Gasteiger partial charge on any atom is -0.345 e. The van der Waals surface area contributed by atoms with Gasteiger partial charge in [0.25, 0.3) is 5.91 Å². The molecule has 1 saturated heterocycles. The Kier molecular flexibility index (Phi) is 4.84. The molecule has 5 rings (SSSR count). The lowest BCUT2D eigenvalue weighted by molar-refractivity contribution is 0.0933. The van der Waals surface area contributed by atoms with Crippen LogP contribution < -0.4 is 5.32 Å². The number of aromatic nitrogens is 2. The van der Waals surface area contributed by atoms with Crippen LogP contribution in [-0.2, 0) is 6.42 Å². The van der Waals surface area contributed by atoms with Crippen LogP contribution in [0.5, 0.6) is 0 Å². The van der Waals surface area contributed by atoms with E-state index in [4.69, 9.17) is 4.98 Å². The van der Waals surface area contributed by atoms with Crippen LogP contribution in [0.15, 0.2) is 42.5 Å². The second-order valence-electron chi connectivity index (χ2n) is 8.55. The fraction of sp³-hybridized carbons (Fsp3) is 0.417. The molecular weight excluding hydrogens is 360 g/mol. The summed E-state index contributed by atoms with van der Waals surface area (Å²) in [5, 5.41) is 3.25. The second kappa shape index (κ2) is 7.64. The number of aryl methyl sites for hydroxylation is 1. The van der Waals surface area contributed by atoms with E-state index in [-0.39, 0.29) is 11.9 Å². The SMILES string of the molecule is CN1CCC(c2nc3ccc(C(=O)N[C@H]4CCCc5ccccc54)cc3[nH]2)CC1. The largest absolute Gasteiger partial charge is 0.345 e. The van der Waals surface area contributed by atoms with E-state index in [2.05, 4.69) is 46.5 Å². The highest BCUT2D eigenvalue weighted by Gasteiger charge is 2.23. The molecule has 0 radical (unpaired) electrons. The average Bonchev–Trinajstić information content (AvgIpc) is 3.18. The van der Waals surface area contributed by atoms with E-state index in [1.165, 1.54) is 11.1 Å². The van der Waals surface area contributed by atoms with Crippen LogP contribution in [0.3, 0.4) is 0 Å². The molecule has 1 amide bonds. The maximum atomic E-state index is 13.0. The van der Waals surface area contributed by atoms with Gasteiger partial charge in [-0.2, -0.15) is 0 Å². The molecule has 2 aromatic carbocycles. The molecule has 1 aliphatic heterocycles. The lowest BCUT2D eigenvalue weighted by Crippen LogP contribution is -2.30. The summed E-state index contributed by atoms with van der Waals surface area (Å²) < 4.78 is 0. The molecule has 2 N–H and O–H groups in total. The number of H-pyrrole nitrogens is 1. The number of carbonyl (C=O) groups is 1. The number of nitrogens with one attached hydrogen (secondary N) is 2. The van der Waals surface area contributed by atoms with Crippen molar-refractivity contribution in [3.8, 4) is 0 Å². The molecule has 2 heterocycles. The number of rotatable bonds is 3. The number of hydrogen-bond donors (Lipinski definition) is 2. The minimum absolute atomic E-state index is 0.0101. The summed E-state index contributed by atoms with van der Waals surface area (Å²) >= 11 is 0. The Morgan fingerprint density at radius 3 is 2.83 bits per heavy atom. The number of nitrogens with zero attached hydrogens (tertiary/aromatic N) is 2. The van der Waals surface area contributed by atoms with Crippen LogP contribution in [0.25, 0.3) is 11.0 Å². The third-order valence-corrected chi connectivity index (χ3v) is 6.54. The summed E-state index contributed by atoms with van der Waals surface area (Å²) in [5.41, 5.74) is 5.21. The fourth-order valence-electron chi connectivity index (χ4n) is 4.79. The summed E-state index contributed by atoms with van der Waals surface area (Å²) in [6.07, 6.45) is 5.47. The van der Waals surface area contributed by atoms with Crippen molar-refractivity contribution in [2.24, 2.45) is 0 Å². The van der Waals surface area contributed by atoms with E-state index < -0.39 is 0 Å². The smallest absolute Gasteiger partial charge is 0.251 e. The van der Waals surface area contributed by atoms with Crippen LogP contribution >= 0.6 is 0 Å². The van der Waals surface area contributed by atoms with Gasteiger partial charge in [-0.25, -0.2) is 4.98 Å². The maximum Gasteiger partial charge on any atom is 0.251 e. The normalized spacial score (nSPS) is 20.5. The van der Waals surface area contributed by atoms with Crippen LogP contribution in [0.2, 0.25) is 0 Å². The molecule has 1 fully saturated rings. The summed E-state index contributed by atoms with van der Waals surface area (Å²) in [5.74, 6) is 1.53. The number of carbonyl (C=O) groups excluding carboxylic acids is 1. The highest BCUT2D eigenvalue weighted by molar-refractivity contribution is 5.97. The number of hydrogen-bond acceptors (Lipinski definition) is 3. The first-order valence-corrected chi connectivity index (χ1v) is 10.7. The van der Waals surface area contributed by atoms with Gasteiger partial charge >= 0.3 is 0 Å². The number of fused-ring (bicyclic) bond motifs is 2. The Morgan fingerprint density at radius 1 is 1.14 bits per heavy atom. The topological polar surface area (TPSA) is 61.0 Å². The Morgan fingerprint density at radius 2 is 1.97 bits per heavy atom. The molecule has 5 heteroatoms. The number of amides is 1. The van der Waals surface area contributed by atoms with Crippen LogP contribution in [0, 0.1) is 0 Å². The number of aromatic amines is 1. The Bertz CT molecular complexity index is 1030. The van der Waals surface area contributed by atoms with Gasteiger partial charge in [-0.1, -0.05) is 24.3 Å². The number of imidazole rings is 1. The minimum atomic E-state index is -0.0101. The molecule has 1 aliphatic carbocycles. The van der Waals surface area contributed by atoms with Gasteiger partial charge in [-0.3, -0.25) is 4.79 Å². The van der Waals surface area contributed by atoms with Gasteiger partial charge in [0.1, 0.15) is 5.82 Å². The fourth-order valence-corrected chi connectivity index (χ4v) is 4.79. The first kappa shape index (κ1) is 18.4. The summed E-state index contributed by atoms with van der Waals surface area (Å²) in [4.78, 5) is 23.6. The first-order valence-electron chi connectivity index (χ1n) is 10.7. The molecule has 0 bridgehead atoms. The standard InChI is InChI=1S/C24H28N4O/c1-28-13-11-17(12-14-28)23-25-21-10-9-18(15-22(21)26-23)24(29)27-20-8-4-6-16-5-2-3-7-19(16)20/h2-3,5,7,9-10,15,17,20H,4,6,8,11-14H2,1H3,(H,25,26)(H,27,29)/t20-/m0/s1. The zero-order valence-electron chi connectivity index (χ0n) is 16.9. The van der Waals surface area contributed by atoms with E-state index in [9.17, 15) is 4.79 Å². The van der Waals surface area contributed by atoms with Gasteiger partial charge in [0.15, 0.2) is 0 Å². The van der Waals surface area contributed by atoms with Crippen molar-refractivity contribution in [2.75, 3.05) is 20.1 Å². The number of piperidine rings is 1. The average molecular weight is 389 g/mol. The lowest BCUT2D eigenvalue weighted by atomic mass is 9.87. The highest BCUT2D eigenvalue weighted by atomic mass is 16.1. The quantitative estimate of drug-likeness (QED) is 0.708. The lowest BCUT2D eigenvalue weighted by Gasteiger charge is -2.27. The second-order valence-corrected chi connectivity index (χ2v) is 8.55. The van der Waals surface area contributed by atoms with Crippen molar-refractivity contribution in [3.05, 3.63) is 65.0 Å². The van der Waals surface area contributed by atoms with E-state index in [1.54, 1.807) is 0 Å². The van der Waals surface area contributed by atoms with Gasteiger partial charge in [-0.05, 0) is 81.6 Å². The summed E-state index contributed by atoms with van der Waals surface area (Å²) in [7, 11) is 2.17. The van der Waals surface area contributed by atoms with Crippen molar-refractivity contribution in [1.82, 2.24) is 20.2 Å². The van der Waals surface area contributed by atoms with Crippen molar-refractivity contribution < 1.29 is 4.79 Å². The van der Waals surface area contributed by atoms with Gasteiger partial charge in [-0.15, -0.1) is 0 Å². The Labute approximate surface area is 171 Å². The number of benzene rings is 2. The molecule has 150 valence electrons. The van der Waals surface area contributed by atoms with Gasteiger partial charge < -0.3 is 15.2 Å². The zero-order chi connectivity index (χ0) is 19.8. The van der Waals surface area contributed by atoms with E-state index in [1.807, 2.05) is 18.2 Å². The van der Waals surface area contributed by atoms with Gasteiger partial charge in [0.2, 0.25) is 0 Å². The molecule has 2 aliphatic rings. The molecular formula is C24H28N4O. The molecule has 29 heavy (non-hydrogen) atoms. The van der Waals surface area contributed by atoms with Crippen molar-refractivity contribution in [2.45, 2.75) is 44.1 Å². The van der Waals surface area contributed by atoms with Crippen molar-refractivity contribution in [1.29, 1.82) is 0 Å². The van der Waals surface area contributed by atoms with Crippen molar-refractivity contribution >= 4 is 16.9 Å². The summed E-state index contributed by atoms with van der Waals surface area (Å²) in [6.45, 7) is 2.22. The van der Waals surface area contributed by atoms with E-state index >= 15 is 0 Å². The van der Waals surface area contributed by atoms with Crippen LogP contribution in [0.1, 0.15) is 65.0 Å². The molecule has 1 atom stereocenters. The molecule has 1 aromatic heterocycles. The van der Waals surface area contributed by atoms with Crippen LogP contribution in [0.4, 0.5) is 0 Å². The Balaban J connectivity index is 1.35. The Hall–Kier alpha value is -2.66. The zero-order valence-corrected chi connectivity index (χ0v) is 16.9. The van der Waals surface area contributed by atoms with Gasteiger partial charge in [0.05, 0.1) is 17.1 Å². The monoisotopic (exact) mass is 388 g/mol. The third-order valence-electron chi connectivity index (χ3n) is 6.54. The third kappa shape index (κ3) is 3.67. The van der Waals surface area contributed by atoms with E-state index in [0.29, 0.717) is 11.5 Å². The van der Waals surface area contributed by atoms with Gasteiger partial charge in [0, 0.05) is 11.5 Å². The van der Waals surface area contributed by atoms with Crippen molar-refractivity contribution in [3.63, 3.8) is 0 Å². The van der Waals surface area contributed by atoms with Crippen LogP contribution in [-0.4, -0.2) is 40.9 Å². The molecule has 0 spiro atoms. The first-order chi connectivity index (χ1) is 14.2. The maximum absolute atomic E-state index is 13.0. The highest BCUT2D eigenvalue weighted by Crippen LogP contribution is 2.30. The molecule has 0 unspecified atom stereocenters. The molecule has 5 nitrogen and oxygen atoms in total. The molecule has 0 saturated carbocycles.